The number of rotatable bonds is 5. The van der Waals surface area contributed by atoms with E-state index in [1.54, 1.807) is 25.3 Å². The van der Waals surface area contributed by atoms with Crippen LogP contribution in [0.3, 0.4) is 0 Å². The third-order valence-electron chi connectivity index (χ3n) is 4.14. The van der Waals surface area contributed by atoms with Crippen molar-refractivity contribution in [3.05, 3.63) is 58.1 Å². The van der Waals surface area contributed by atoms with Crippen molar-refractivity contribution in [2.24, 2.45) is 0 Å². The molecule has 3 rings (SSSR count). The number of carbonyl (C=O) groups excluding carboxylic acids is 2. The Bertz CT molecular complexity index is 807. The Morgan fingerprint density at radius 2 is 2.12 bits per heavy atom. The Hall–Kier alpha value is -2.34. The minimum Gasteiger partial charge on any atom is -0.496 e. The standard InChI is InChI=1S/C19H19BrN2O3/c1-25-17-8-7-14(11-16(17)20)19(24)21-15-5-2-4-13(10-15)12-22-9-3-6-18(22)23/h2,4-5,7-8,10-11H,3,6,9,12H2,1H3,(H,21,24). The number of ether oxygens (including phenoxy) is 1. The number of likely N-dealkylation sites (tertiary alicyclic amines) is 1. The summed E-state index contributed by atoms with van der Waals surface area (Å²) in [6.45, 7) is 1.38. The smallest absolute Gasteiger partial charge is 0.255 e. The maximum absolute atomic E-state index is 12.4. The lowest BCUT2D eigenvalue weighted by molar-refractivity contribution is -0.128. The number of nitrogens with zero attached hydrogens (tertiary/aromatic N) is 1. The van der Waals surface area contributed by atoms with Gasteiger partial charge in [0.1, 0.15) is 5.75 Å². The highest BCUT2D eigenvalue weighted by atomic mass is 79.9. The molecule has 0 bridgehead atoms. The Labute approximate surface area is 155 Å². The fourth-order valence-corrected chi connectivity index (χ4v) is 3.39. The summed E-state index contributed by atoms with van der Waals surface area (Å²) in [6, 6.07) is 12.8. The Morgan fingerprint density at radius 3 is 2.80 bits per heavy atom. The number of methoxy groups -OCH3 is 1. The van der Waals surface area contributed by atoms with E-state index in [0.717, 1.165) is 23.0 Å². The third kappa shape index (κ3) is 4.20. The largest absolute Gasteiger partial charge is 0.496 e. The lowest BCUT2D eigenvalue weighted by atomic mass is 10.1. The van der Waals surface area contributed by atoms with Crippen molar-refractivity contribution in [1.29, 1.82) is 0 Å². The van der Waals surface area contributed by atoms with E-state index in [4.69, 9.17) is 4.74 Å². The van der Waals surface area contributed by atoms with Crippen LogP contribution in [0.25, 0.3) is 0 Å². The topological polar surface area (TPSA) is 58.6 Å². The molecule has 0 aliphatic carbocycles. The molecular formula is C19H19BrN2O3. The van der Waals surface area contributed by atoms with Crippen molar-refractivity contribution < 1.29 is 14.3 Å². The molecule has 1 heterocycles. The van der Waals surface area contributed by atoms with E-state index in [1.165, 1.54) is 0 Å². The van der Waals surface area contributed by atoms with Gasteiger partial charge in [-0.05, 0) is 58.2 Å². The van der Waals surface area contributed by atoms with Gasteiger partial charge >= 0.3 is 0 Å². The molecule has 0 atom stereocenters. The van der Waals surface area contributed by atoms with Crippen LogP contribution < -0.4 is 10.1 Å². The van der Waals surface area contributed by atoms with Crippen LogP contribution in [0.2, 0.25) is 0 Å². The molecular weight excluding hydrogens is 384 g/mol. The lowest BCUT2D eigenvalue weighted by Gasteiger charge is -2.16. The van der Waals surface area contributed by atoms with Crippen molar-refractivity contribution >= 4 is 33.4 Å². The van der Waals surface area contributed by atoms with Crippen LogP contribution in [-0.2, 0) is 11.3 Å². The summed E-state index contributed by atoms with van der Waals surface area (Å²) >= 11 is 3.38. The monoisotopic (exact) mass is 402 g/mol. The fraction of sp³-hybridized carbons (Fsp3) is 0.263. The molecule has 6 heteroatoms. The van der Waals surface area contributed by atoms with E-state index in [-0.39, 0.29) is 11.8 Å². The van der Waals surface area contributed by atoms with Crippen LogP contribution >= 0.6 is 15.9 Å². The van der Waals surface area contributed by atoms with Gasteiger partial charge in [0.15, 0.2) is 0 Å². The van der Waals surface area contributed by atoms with Crippen LogP contribution in [0.4, 0.5) is 5.69 Å². The number of carbonyl (C=O) groups is 2. The van der Waals surface area contributed by atoms with Crippen molar-refractivity contribution in [3.8, 4) is 5.75 Å². The predicted octanol–water partition coefficient (Wildman–Crippen LogP) is 3.83. The minimum absolute atomic E-state index is 0.192. The Kier molecular flexibility index (Phi) is 5.38. The summed E-state index contributed by atoms with van der Waals surface area (Å²) in [5.74, 6) is 0.670. The van der Waals surface area contributed by atoms with Gasteiger partial charge in [-0.1, -0.05) is 12.1 Å². The lowest BCUT2D eigenvalue weighted by Crippen LogP contribution is -2.23. The van der Waals surface area contributed by atoms with Crippen molar-refractivity contribution in [3.63, 3.8) is 0 Å². The fourth-order valence-electron chi connectivity index (χ4n) is 2.85. The van der Waals surface area contributed by atoms with Crippen molar-refractivity contribution in [1.82, 2.24) is 4.90 Å². The van der Waals surface area contributed by atoms with E-state index in [0.29, 0.717) is 30.0 Å². The van der Waals surface area contributed by atoms with Crippen LogP contribution in [0.1, 0.15) is 28.8 Å². The number of hydrogen-bond donors (Lipinski definition) is 1. The van der Waals surface area contributed by atoms with Gasteiger partial charge in [0.05, 0.1) is 11.6 Å². The van der Waals surface area contributed by atoms with E-state index in [9.17, 15) is 9.59 Å². The van der Waals surface area contributed by atoms with Crippen LogP contribution in [0.15, 0.2) is 46.9 Å². The van der Waals surface area contributed by atoms with E-state index in [2.05, 4.69) is 21.2 Å². The second-order valence-electron chi connectivity index (χ2n) is 5.92. The summed E-state index contributed by atoms with van der Waals surface area (Å²) in [4.78, 5) is 26.0. The summed E-state index contributed by atoms with van der Waals surface area (Å²) in [6.07, 6.45) is 1.55. The molecule has 25 heavy (non-hydrogen) atoms. The summed E-state index contributed by atoms with van der Waals surface area (Å²) in [7, 11) is 1.58. The molecule has 2 amide bonds. The number of hydrogen-bond acceptors (Lipinski definition) is 3. The first kappa shape index (κ1) is 17.5. The van der Waals surface area contributed by atoms with Gasteiger partial charge in [-0.2, -0.15) is 0 Å². The number of benzene rings is 2. The van der Waals surface area contributed by atoms with Gasteiger partial charge in [-0.15, -0.1) is 0 Å². The first-order valence-corrected chi connectivity index (χ1v) is 8.88. The molecule has 2 aromatic rings. The molecule has 0 saturated carbocycles. The molecule has 1 aliphatic rings. The van der Waals surface area contributed by atoms with E-state index < -0.39 is 0 Å². The number of halogens is 1. The van der Waals surface area contributed by atoms with Gasteiger partial charge in [0.2, 0.25) is 5.91 Å². The first-order chi connectivity index (χ1) is 12.1. The second-order valence-corrected chi connectivity index (χ2v) is 6.78. The molecule has 2 aromatic carbocycles. The molecule has 5 nitrogen and oxygen atoms in total. The Morgan fingerprint density at radius 1 is 1.28 bits per heavy atom. The molecule has 1 aliphatic heterocycles. The maximum Gasteiger partial charge on any atom is 0.255 e. The quantitative estimate of drug-likeness (QED) is 0.826. The molecule has 0 unspecified atom stereocenters. The maximum atomic E-state index is 12.4. The summed E-state index contributed by atoms with van der Waals surface area (Å²) < 4.78 is 5.90. The van der Waals surface area contributed by atoms with Gasteiger partial charge in [0, 0.05) is 30.8 Å². The van der Waals surface area contributed by atoms with Crippen LogP contribution in [0, 0.1) is 0 Å². The summed E-state index contributed by atoms with van der Waals surface area (Å²) in [5, 5.41) is 2.90. The van der Waals surface area contributed by atoms with Gasteiger partial charge in [0.25, 0.3) is 5.91 Å². The van der Waals surface area contributed by atoms with E-state index in [1.807, 2.05) is 29.2 Å². The number of anilines is 1. The normalized spacial score (nSPS) is 13.8. The minimum atomic E-state index is -0.197. The predicted molar refractivity (Wildman–Crippen MR) is 99.7 cm³/mol. The molecule has 1 saturated heterocycles. The van der Waals surface area contributed by atoms with Crippen molar-refractivity contribution in [2.75, 3.05) is 19.0 Å². The van der Waals surface area contributed by atoms with Crippen LogP contribution in [-0.4, -0.2) is 30.4 Å². The molecule has 0 spiro atoms. The van der Waals surface area contributed by atoms with Crippen molar-refractivity contribution in [2.45, 2.75) is 19.4 Å². The highest BCUT2D eigenvalue weighted by Crippen LogP contribution is 2.26. The molecule has 1 N–H and O–H groups in total. The highest BCUT2D eigenvalue weighted by molar-refractivity contribution is 9.10. The van der Waals surface area contributed by atoms with Crippen LogP contribution in [0.5, 0.6) is 5.75 Å². The van der Waals surface area contributed by atoms with Gasteiger partial charge < -0.3 is 15.0 Å². The highest BCUT2D eigenvalue weighted by Gasteiger charge is 2.20. The average molecular weight is 403 g/mol. The SMILES string of the molecule is COc1ccc(C(=O)Nc2cccc(CN3CCCC3=O)c2)cc1Br. The molecule has 1 fully saturated rings. The number of nitrogens with one attached hydrogen (secondary N) is 1. The summed E-state index contributed by atoms with van der Waals surface area (Å²) in [5.41, 5.74) is 2.25. The van der Waals surface area contributed by atoms with Gasteiger partial charge in [-0.25, -0.2) is 0 Å². The third-order valence-corrected chi connectivity index (χ3v) is 4.76. The molecule has 0 radical (unpaired) electrons. The zero-order chi connectivity index (χ0) is 17.8. The van der Waals surface area contributed by atoms with Gasteiger partial charge in [-0.3, -0.25) is 9.59 Å². The zero-order valence-electron chi connectivity index (χ0n) is 13.9. The molecule has 130 valence electrons. The van der Waals surface area contributed by atoms with E-state index >= 15 is 0 Å². The molecule has 0 aromatic heterocycles. The average Bonchev–Trinajstić information content (AvgIpc) is 3.00. The Balaban J connectivity index is 1.70. The first-order valence-electron chi connectivity index (χ1n) is 8.08. The number of amides is 2. The second kappa shape index (κ2) is 7.70. The zero-order valence-corrected chi connectivity index (χ0v) is 15.5.